The highest BCUT2D eigenvalue weighted by atomic mass is 32.1. The molecule has 0 bridgehead atoms. The van der Waals surface area contributed by atoms with Gasteiger partial charge in [0.2, 0.25) is 11.7 Å². The van der Waals surface area contributed by atoms with Crippen LogP contribution in [0.15, 0.2) is 45.6 Å². The van der Waals surface area contributed by atoms with E-state index in [1.54, 1.807) is 41.1 Å². The first-order chi connectivity index (χ1) is 17.7. The first-order valence-electron chi connectivity index (χ1n) is 11.6. The number of fused-ring (bicyclic) bond motifs is 1. The predicted octanol–water partition coefficient (Wildman–Crippen LogP) is 4.70. The van der Waals surface area contributed by atoms with Crippen LogP contribution in [0.1, 0.15) is 22.7 Å². The number of nitrogens with one attached hydrogen (secondary N) is 2. The average molecular weight is 537 g/mol. The summed E-state index contributed by atoms with van der Waals surface area (Å²) in [5.41, 5.74) is 1.41. The number of carbonyl (C=O) groups excluding carboxylic acids is 1. The van der Waals surface area contributed by atoms with E-state index in [0.717, 1.165) is 4.57 Å². The maximum Gasteiger partial charge on any atom is 0.406 e. The Balaban J connectivity index is 1.45. The van der Waals surface area contributed by atoms with E-state index in [2.05, 4.69) is 20.8 Å². The van der Waals surface area contributed by atoms with E-state index in [4.69, 9.17) is 4.52 Å². The van der Waals surface area contributed by atoms with Gasteiger partial charge in [0, 0.05) is 35.1 Å². The van der Waals surface area contributed by atoms with Gasteiger partial charge < -0.3 is 24.6 Å². The summed E-state index contributed by atoms with van der Waals surface area (Å²) in [4.78, 5) is 18.3. The quantitative estimate of drug-likeness (QED) is 0.333. The molecule has 196 valence electrons. The number of amides is 1. The number of rotatable bonds is 7. The molecule has 0 saturated carbocycles. The lowest BCUT2D eigenvalue weighted by Crippen LogP contribution is -2.46. The molecule has 1 amide bonds. The molecule has 13 heteroatoms. The second-order valence-corrected chi connectivity index (χ2v) is 9.77. The molecule has 4 aromatic rings. The molecule has 0 aliphatic carbocycles. The number of halogens is 4. The largest absolute Gasteiger partial charge is 0.406 e. The van der Waals surface area contributed by atoms with E-state index < -0.39 is 24.9 Å². The number of thiophene rings is 1. The fourth-order valence-electron chi connectivity index (χ4n) is 4.45. The van der Waals surface area contributed by atoms with Crippen LogP contribution in [0.4, 0.5) is 23.2 Å². The van der Waals surface area contributed by atoms with Crippen LogP contribution in [0, 0.1) is 0 Å². The number of benzene rings is 1. The number of hydrogen-bond acceptors (Lipinski definition) is 7. The van der Waals surface area contributed by atoms with Gasteiger partial charge in [-0.2, -0.15) is 29.5 Å². The molecule has 0 radical (unpaired) electrons. The molecule has 1 aliphatic heterocycles. The van der Waals surface area contributed by atoms with Gasteiger partial charge >= 0.3 is 6.18 Å². The summed E-state index contributed by atoms with van der Waals surface area (Å²) in [7, 11) is 1.85. The highest BCUT2D eigenvalue weighted by Crippen LogP contribution is 2.35. The first kappa shape index (κ1) is 25.2. The van der Waals surface area contributed by atoms with E-state index in [9.17, 15) is 22.4 Å². The maximum absolute atomic E-state index is 14.7. The van der Waals surface area contributed by atoms with Crippen molar-refractivity contribution in [1.29, 1.82) is 0 Å². The highest BCUT2D eigenvalue weighted by Gasteiger charge is 2.32. The van der Waals surface area contributed by atoms with Gasteiger partial charge in [0.05, 0.1) is 23.8 Å². The van der Waals surface area contributed by atoms with Gasteiger partial charge in [0.25, 0.3) is 5.91 Å². The van der Waals surface area contributed by atoms with Gasteiger partial charge in [0.15, 0.2) is 0 Å². The summed E-state index contributed by atoms with van der Waals surface area (Å²) in [5, 5.41) is 13.6. The van der Waals surface area contributed by atoms with Crippen molar-refractivity contribution in [1.82, 2.24) is 24.9 Å². The summed E-state index contributed by atoms with van der Waals surface area (Å²) in [5.74, 6) is -0.329. The van der Waals surface area contributed by atoms with E-state index in [-0.39, 0.29) is 36.4 Å². The predicted molar refractivity (Wildman–Crippen MR) is 131 cm³/mol. The molecule has 0 spiro atoms. The molecular formula is C24H24F4N6O2S. The Bertz CT molecular complexity index is 1380. The van der Waals surface area contributed by atoms with Crippen molar-refractivity contribution in [3.63, 3.8) is 0 Å². The van der Waals surface area contributed by atoms with Gasteiger partial charge in [-0.25, -0.2) is 4.39 Å². The van der Waals surface area contributed by atoms with E-state index in [1.165, 1.54) is 11.3 Å². The second kappa shape index (κ2) is 10.1. The molecule has 8 nitrogen and oxygen atoms in total. The van der Waals surface area contributed by atoms with Crippen molar-refractivity contribution >= 4 is 33.8 Å². The highest BCUT2D eigenvalue weighted by molar-refractivity contribution is 7.08. The van der Waals surface area contributed by atoms with Crippen molar-refractivity contribution in [3.05, 3.63) is 52.5 Å². The lowest BCUT2D eigenvalue weighted by Gasteiger charge is -2.33. The van der Waals surface area contributed by atoms with E-state index >= 15 is 0 Å². The van der Waals surface area contributed by atoms with Gasteiger partial charge in [-0.05, 0) is 43.1 Å². The van der Waals surface area contributed by atoms with E-state index in [0.29, 0.717) is 35.1 Å². The zero-order valence-electron chi connectivity index (χ0n) is 19.8. The molecule has 3 aromatic heterocycles. The van der Waals surface area contributed by atoms with Crippen LogP contribution in [0.5, 0.6) is 0 Å². The molecule has 2 atom stereocenters. The zero-order chi connectivity index (χ0) is 26.2. The standard InChI is InChI=1S/C24H24F4N6O2S/c1-33-7-5-18(16(25)11-33)30-17-3-2-4-19-15(17)9-20(34(19)13-24(26,27)28)22-31-21(36-32-22)10-29-23(35)14-6-8-37-12-14/h2-4,6,8-9,12,16,18,30H,5,7,10-11,13H2,1H3,(H,29,35)/t16-,18?/m1/s1. The Morgan fingerprint density at radius 2 is 2.14 bits per heavy atom. The molecule has 5 rings (SSSR count). The fourth-order valence-corrected chi connectivity index (χ4v) is 5.08. The van der Waals surface area contributed by atoms with Crippen LogP contribution in [-0.4, -0.2) is 64.0 Å². The molecule has 1 saturated heterocycles. The number of anilines is 1. The number of carbonyl (C=O) groups is 1. The van der Waals surface area contributed by atoms with Crippen LogP contribution >= 0.6 is 11.3 Å². The minimum atomic E-state index is -4.51. The monoisotopic (exact) mass is 536 g/mol. The number of piperidine rings is 1. The minimum Gasteiger partial charge on any atom is -0.379 e. The van der Waals surface area contributed by atoms with Crippen LogP contribution in [0.2, 0.25) is 0 Å². The molecule has 4 heterocycles. The SMILES string of the molecule is CN1CCC(Nc2cccc3c2cc(-c2noc(CNC(=O)c4ccsc4)n2)n3CC(F)(F)F)[C@H](F)C1. The Kier molecular flexibility index (Phi) is 6.90. The number of nitrogens with zero attached hydrogens (tertiary/aromatic N) is 4. The van der Waals surface area contributed by atoms with Crippen molar-refractivity contribution in [2.75, 3.05) is 25.5 Å². The summed E-state index contributed by atoms with van der Waals surface area (Å²) >= 11 is 1.38. The van der Waals surface area contributed by atoms with Crippen LogP contribution in [0.3, 0.4) is 0 Å². The molecule has 1 unspecified atom stereocenters. The average Bonchev–Trinajstić information content (AvgIpc) is 3.59. The Morgan fingerprint density at radius 1 is 1.30 bits per heavy atom. The van der Waals surface area contributed by atoms with Crippen LogP contribution in [0.25, 0.3) is 22.4 Å². The number of alkyl halides is 4. The van der Waals surface area contributed by atoms with Gasteiger partial charge in [-0.15, -0.1) is 0 Å². The lowest BCUT2D eigenvalue weighted by atomic mass is 10.0. The topological polar surface area (TPSA) is 88.2 Å². The van der Waals surface area contributed by atoms with Crippen LogP contribution in [-0.2, 0) is 13.1 Å². The van der Waals surface area contributed by atoms with Crippen molar-refractivity contribution in [2.24, 2.45) is 0 Å². The molecule has 2 N–H and O–H groups in total. The zero-order valence-corrected chi connectivity index (χ0v) is 20.6. The minimum absolute atomic E-state index is 0.0474. The molecule has 37 heavy (non-hydrogen) atoms. The second-order valence-electron chi connectivity index (χ2n) is 8.99. The fraction of sp³-hybridized carbons (Fsp3) is 0.375. The summed E-state index contributed by atoms with van der Waals surface area (Å²) in [6.45, 7) is -0.360. The third-order valence-corrected chi connectivity index (χ3v) is 6.93. The third kappa shape index (κ3) is 5.62. The molecule has 1 fully saturated rings. The van der Waals surface area contributed by atoms with Crippen molar-refractivity contribution in [2.45, 2.75) is 37.9 Å². The molecule has 1 aromatic carbocycles. The summed E-state index contributed by atoms with van der Waals surface area (Å²) in [6.07, 6.45) is -5.06. The normalized spacial score (nSPS) is 18.8. The lowest BCUT2D eigenvalue weighted by molar-refractivity contribution is -0.139. The Labute approximate surface area is 213 Å². The molecular weight excluding hydrogens is 512 g/mol. The Hall–Kier alpha value is -3.45. The summed E-state index contributed by atoms with van der Waals surface area (Å²) in [6, 6.07) is 7.67. The van der Waals surface area contributed by atoms with Gasteiger partial charge in [-0.3, -0.25) is 4.79 Å². The van der Waals surface area contributed by atoms with Crippen molar-refractivity contribution < 1.29 is 26.9 Å². The van der Waals surface area contributed by atoms with Gasteiger partial charge in [0.1, 0.15) is 12.7 Å². The number of aromatic nitrogens is 3. The number of likely N-dealkylation sites (tertiary alicyclic amines) is 1. The molecule has 1 aliphatic rings. The maximum atomic E-state index is 14.7. The first-order valence-corrected chi connectivity index (χ1v) is 12.5. The number of hydrogen-bond donors (Lipinski definition) is 2. The van der Waals surface area contributed by atoms with Crippen molar-refractivity contribution in [3.8, 4) is 11.5 Å². The summed E-state index contributed by atoms with van der Waals surface area (Å²) < 4.78 is 61.6. The van der Waals surface area contributed by atoms with Gasteiger partial charge in [-0.1, -0.05) is 11.2 Å². The van der Waals surface area contributed by atoms with Crippen LogP contribution < -0.4 is 10.6 Å². The third-order valence-electron chi connectivity index (χ3n) is 6.25. The smallest absolute Gasteiger partial charge is 0.379 e. The Morgan fingerprint density at radius 3 is 2.86 bits per heavy atom. The van der Waals surface area contributed by atoms with E-state index in [1.807, 2.05) is 11.9 Å².